The van der Waals surface area contributed by atoms with Crippen LogP contribution in [0.3, 0.4) is 0 Å². The number of nitrogens with zero attached hydrogens (tertiary/aromatic N) is 3. The van der Waals surface area contributed by atoms with Crippen LogP contribution in [0, 0.1) is 5.41 Å². The normalized spacial score (nSPS) is 29.8. The Balaban J connectivity index is 1.87. The Labute approximate surface area is 176 Å². The third kappa shape index (κ3) is 4.04. The van der Waals surface area contributed by atoms with E-state index in [1.807, 2.05) is 30.3 Å². The second-order valence-electron chi connectivity index (χ2n) is 8.41. The Morgan fingerprint density at radius 1 is 1.23 bits per heavy atom. The van der Waals surface area contributed by atoms with Gasteiger partial charge in [-0.2, -0.15) is 0 Å². The van der Waals surface area contributed by atoms with Gasteiger partial charge in [-0.15, -0.1) is 0 Å². The summed E-state index contributed by atoms with van der Waals surface area (Å²) in [5, 5.41) is 3.95. The van der Waals surface area contributed by atoms with Crippen molar-refractivity contribution in [3.63, 3.8) is 0 Å². The highest BCUT2D eigenvalue weighted by Crippen LogP contribution is 2.53. The van der Waals surface area contributed by atoms with E-state index >= 15 is 0 Å². The van der Waals surface area contributed by atoms with Crippen LogP contribution in [0.4, 0.5) is 0 Å². The van der Waals surface area contributed by atoms with Crippen LogP contribution in [-0.4, -0.2) is 49.0 Å². The van der Waals surface area contributed by atoms with Gasteiger partial charge in [-0.05, 0) is 45.7 Å². The quantitative estimate of drug-likeness (QED) is 0.275. The van der Waals surface area contributed by atoms with Crippen molar-refractivity contribution in [3.8, 4) is 0 Å². The molecule has 1 aromatic carbocycles. The lowest BCUT2D eigenvalue weighted by atomic mass is 9.77. The van der Waals surface area contributed by atoms with E-state index in [0.29, 0.717) is 6.61 Å². The van der Waals surface area contributed by atoms with Gasteiger partial charge < -0.3 is 23.7 Å². The SMILES string of the molecule is CCOC(=O)C(C)(C)[C@]1(N=[N+]=[N-])O[C@H](COCc2ccccc2)[C@H]2OC(C)(C)O[C@H]21. The zero-order valence-corrected chi connectivity index (χ0v) is 18.0. The molecule has 164 valence electrons. The van der Waals surface area contributed by atoms with Crippen LogP contribution < -0.4 is 0 Å². The Bertz CT molecular complexity index is 808. The molecule has 30 heavy (non-hydrogen) atoms. The summed E-state index contributed by atoms with van der Waals surface area (Å²) in [5.74, 6) is -1.48. The predicted octanol–water partition coefficient (Wildman–Crippen LogP) is 3.72. The third-order valence-corrected chi connectivity index (χ3v) is 5.48. The highest BCUT2D eigenvalue weighted by molar-refractivity contribution is 5.78. The van der Waals surface area contributed by atoms with Crippen molar-refractivity contribution in [2.75, 3.05) is 13.2 Å². The van der Waals surface area contributed by atoms with Crippen molar-refractivity contribution < 1.29 is 28.5 Å². The molecule has 0 amide bonds. The molecule has 1 aromatic rings. The maximum Gasteiger partial charge on any atom is 0.314 e. The van der Waals surface area contributed by atoms with Crippen LogP contribution >= 0.6 is 0 Å². The predicted molar refractivity (Wildman–Crippen MR) is 107 cm³/mol. The van der Waals surface area contributed by atoms with E-state index in [-0.39, 0.29) is 13.2 Å². The number of hydrogen-bond acceptors (Lipinski definition) is 7. The Kier molecular flexibility index (Phi) is 6.40. The van der Waals surface area contributed by atoms with Crippen molar-refractivity contribution in [2.45, 2.75) is 71.0 Å². The summed E-state index contributed by atoms with van der Waals surface area (Å²) in [4.78, 5) is 15.8. The van der Waals surface area contributed by atoms with Gasteiger partial charge in [0.05, 0.1) is 25.2 Å². The third-order valence-electron chi connectivity index (χ3n) is 5.48. The number of ether oxygens (including phenoxy) is 5. The van der Waals surface area contributed by atoms with E-state index < -0.39 is 41.2 Å². The van der Waals surface area contributed by atoms with Crippen molar-refractivity contribution in [2.24, 2.45) is 10.5 Å². The molecule has 2 aliphatic rings. The van der Waals surface area contributed by atoms with Gasteiger partial charge in [-0.3, -0.25) is 4.79 Å². The fourth-order valence-corrected chi connectivity index (χ4v) is 3.96. The summed E-state index contributed by atoms with van der Waals surface area (Å²) in [6, 6.07) is 9.73. The molecule has 2 saturated heterocycles. The summed E-state index contributed by atoms with van der Waals surface area (Å²) >= 11 is 0. The van der Waals surface area contributed by atoms with Crippen LogP contribution in [0.5, 0.6) is 0 Å². The molecule has 0 spiro atoms. The monoisotopic (exact) mass is 419 g/mol. The minimum atomic E-state index is -1.65. The molecule has 3 rings (SSSR count). The molecule has 2 fully saturated rings. The largest absolute Gasteiger partial charge is 0.465 e. The highest BCUT2D eigenvalue weighted by Gasteiger charge is 2.70. The lowest BCUT2D eigenvalue weighted by Crippen LogP contribution is -2.56. The molecule has 2 aliphatic heterocycles. The summed E-state index contributed by atoms with van der Waals surface area (Å²) in [6.45, 7) is 9.25. The molecule has 0 bridgehead atoms. The van der Waals surface area contributed by atoms with Crippen LogP contribution in [0.25, 0.3) is 10.4 Å². The first-order chi connectivity index (χ1) is 14.2. The van der Waals surface area contributed by atoms with E-state index in [0.717, 1.165) is 5.56 Å². The first kappa shape index (κ1) is 22.5. The van der Waals surface area contributed by atoms with Crippen LogP contribution in [0.15, 0.2) is 35.4 Å². The van der Waals surface area contributed by atoms with E-state index in [1.54, 1.807) is 34.6 Å². The smallest absolute Gasteiger partial charge is 0.314 e. The standard InChI is InChI=1S/C21H29N3O6/c1-6-27-18(25)19(2,3)21(23-24-22)17-16(29-20(4,5)30-17)15(28-21)13-26-12-14-10-8-7-9-11-14/h7-11,15-17H,6,12-13H2,1-5H3/t15-,16-,17-,21-/m1/s1. The molecule has 0 aliphatic carbocycles. The van der Waals surface area contributed by atoms with E-state index in [2.05, 4.69) is 10.0 Å². The van der Waals surface area contributed by atoms with Crippen LogP contribution in [0.1, 0.15) is 40.2 Å². The van der Waals surface area contributed by atoms with Gasteiger partial charge in [0.2, 0.25) is 0 Å². The van der Waals surface area contributed by atoms with E-state index in [4.69, 9.17) is 23.7 Å². The molecule has 0 radical (unpaired) electrons. The number of rotatable bonds is 8. The van der Waals surface area contributed by atoms with Crippen LogP contribution in [0.2, 0.25) is 0 Å². The minimum absolute atomic E-state index is 0.178. The summed E-state index contributed by atoms with van der Waals surface area (Å²) in [5.41, 5.74) is 7.38. The van der Waals surface area contributed by atoms with E-state index in [9.17, 15) is 10.3 Å². The molecule has 4 atom stereocenters. The number of esters is 1. The summed E-state index contributed by atoms with van der Waals surface area (Å²) in [7, 11) is 0. The van der Waals surface area contributed by atoms with Crippen molar-refractivity contribution in [3.05, 3.63) is 46.3 Å². The molecule has 0 unspecified atom stereocenters. The van der Waals surface area contributed by atoms with Crippen molar-refractivity contribution in [1.82, 2.24) is 0 Å². The topological polar surface area (TPSA) is 112 Å². The molecule has 2 heterocycles. The number of benzene rings is 1. The maximum absolute atomic E-state index is 12.8. The van der Waals surface area contributed by atoms with Crippen molar-refractivity contribution in [1.29, 1.82) is 0 Å². The van der Waals surface area contributed by atoms with Gasteiger partial charge in [-0.25, -0.2) is 0 Å². The Hall–Kier alpha value is -2.16. The number of hydrogen-bond donors (Lipinski definition) is 0. The molecule has 0 saturated carbocycles. The summed E-state index contributed by atoms with van der Waals surface area (Å²) < 4.78 is 29.5. The Morgan fingerprint density at radius 3 is 2.57 bits per heavy atom. The average molecular weight is 419 g/mol. The van der Waals surface area contributed by atoms with Crippen LogP contribution in [-0.2, 0) is 35.1 Å². The molecule has 0 aromatic heterocycles. The fourth-order valence-electron chi connectivity index (χ4n) is 3.96. The fraction of sp³-hybridized carbons (Fsp3) is 0.667. The molecular formula is C21H29N3O6. The number of azide groups is 1. The molecule has 9 heteroatoms. The van der Waals surface area contributed by atoms with E-state index in [1.165, 1.54) is 0 Å². The number of carbonyl (C=O) groups excluding carboxylic acids is 1. The maximum atomic E-state index is 12.8. The number of fused-ring (bicyclic) bond motifs is 1. The first-order valence-corrected chi connectivity index (χ1v) is 10.1. The van der Waals surface area contributed by atoms with Gasteiger partial charge in [0.15, 0.2) is 11.5 Å². The Morgan fingerprint density at radius 2 is 1.93 bits per heavy atom. The minimum Gasteiger partial charge on any atom is -0.465 e. The average Bonchev–Trinajstić information content (AvgIpc) is 3.16. The summed E-state index contributed by atoms with van der Waals surface area (Å²) in [6.07, 6.45) is -1.97. The first-order valence-electron chi connectivity index (χ1n) is 10.1. The van der Waals surface area contributed by atoms with Crippen molar-refractivity contribution >= 4 is 5.97 Å². The van der Waals surface area contributed by atoms with Gasteiger partial charge in [0.1, 0.15) is 18.3 Å². The second kappa shape index (κ2) is 8.53. The molecule has 9 nitrogen and oxygen atoms in total. The zero-order valence-electron chi connectivity index (χ0n) is 18.0. The van der Waals surface area contributed by atoms with Gasteiger partial charge >= 0.3 is 5.97 Å². The molecule has 0 N–H and O–H groups in total. The molecular weight excluding hydrogens is 390 g/mol. The lowest BCUT2D eigenvalue weighted by Gasteiger charge is -2.41. The number of carbonyl (C=O) groups is 1. The lowest BCUT2D eigenvalue weighted by molar-refractivity contribution is -0.239. The highest BCUT2D eigenvalue weighted by atomic mass is 16.8. The van der Waals surface area contributed by atoms with Gasteiger partial charge in [-0.1, -0.05) is 35.4 Å². The van der Waals surface area contributed by atoms with Gasteiger partial charge in [0.25, 0.3) is 0 Å². The van der Waals surface area contributed by atoms with Gasteiger partial charge in [0, 0.05) is 4.91 Å². The zero-order chi connectivity index (χ0) is 22.0. The second-order valence-corrected chi connectivity index (χ2v) is 8.41.